The van der Waals surface area contributed by atoms with Crippen molar-refractivity contribution in [3.05, 3.63) is 0 Å². The van der Waals surface area contributed by atoms with E-state index < -0.39 is 0 Å². The molecule has 18 heavy (non-hydrogen) atoms. The van der Waals surface area contributed by atoms with Crippen molar-refractivity contribution < 1.29 is 4.74 Å². The van der Waals surface area contributed by atoms with Crippen LogP contribution in [-0.4, -0.2) is 49.3 Å². The third-order valence-corrected chi connectivity index (χ3v) is 4.77. The van der Waals surface area contributed by atoms with Gasteiger partial charge in [0.15, 0.2) is 0 Å². The SMILES string of the molecule is CCCNC1CCCCC1N(C)C1CCOC1C. The fraction of sp³-hybridized carbons (Fsp3) is 1.00. The third-order valence-electron chi connectivity index (χ3n) is 4.77. The van der Waals surface area contributed by atoms with Crippen molar-refractivity contribution >= 4 is 0 Å². The molecule has 0 radical (unpaired) electrons. The summed E-state index contributed by atoms with van der Waals surface area (Å²) < 4.78 is 5.73. The molecular weight excluding hydrogens is 224 g/mol. The lowest BCUT2D eigenvalue weighted by atomic mass is 9.88. The summed E-state index contributed by atoms with van der Waals surface area (Å²) in [5.74, 6) is 0. The second kappa shape index (κ2) is 6.88. The molecule has 0 aromatic heterocycles. The van der Waals surface area contributed by atoms with E-state index in [9.17, 15) is 0 Å². The lowest BCUT2D eigenvalue weighted by molar-refractivity contribution is 0.0478. The Bertz CT molecular complexity index is 247. The van der Waals surface area contributed by atoms with Crippen LogP contribution in [0.2, 0.25) is 0 Å². The average Bonchev–Trinajstić information content (AvgIpc) is 2.82. The van der Waals surface area contributed by atoms with E-state index in [0.717, 1.165) is 13.2 Å². The Balaban J connectivity index is 1.94. The van der Waals surface area contributed by atoms with Crippen LogP contribution in [0, 0.1) is 0 Å². The van der Waals surface area contributed by atoms with E-state index in [1.165, 1.54) is 38.5 Å². The summed E-state index contributed by atoms with van der Waals surface area (Å²) in [5.41, 5.74) is 0. The normalized spacial score (nSPS) is 37.3. The first-order chi connectivity index (χ1) is 8.74. The molecule has 0 aromatic carbocycles. The van der Waals surface area contributed by atoms with Crippen molar-refractivity contribution in [2.75, 3.05) is 20.2 Å². The minimum atomic E-state index is 0.406. The maximum Gasteiger partial charge on any atom is 0.0703 e. The van der Waals surface area contributed by atoms with Gasteiger partial charge in [-0.15, -0.1) is 0 Å². The molecule has 0 spiro atoms. The molecule has 2 aliphatic rings. The smallest absolute Gasteiger partial charge is 0.0703 e. The van der Waals surface area contributed by atoms with Gasteiger partial charge in [-0.3, -0.25) is 4.90 Å². The average molecular weight is 254 g/mol. The second-order valence-corrected chi connectivity index (χ2v) is 6.01. The van der Waals surface area contributed by atoms with Gasteiger partial charge in [0.05, 0.1) is 6.10 Å². The summed E-state index contributed by atoms with van der Waals surface area (Å²) in [6.45, 7) is 6.58. The quantitative estimate of drug-likeness (QED) is 0.815. The summed E-state index contributed by atoms with van der Waals surface area (Å²) in [4.78, 5) is 2.62. The lowest BCUT2D eigenvalue weighted by Crippen LogP contribution is -2.54. The van der Waals surface area contributed by atoms with Crippen LogP contribution in [0.3, 0.4) is 0 Å². The summed E-state index contributed by atoms with van der Waals surface area (Å²) in [7, 11) is 2.31. The molecule has 0 bridgehead atoms. The van der Waals surface area contributed by atoms with Gasteiger partial charge in [0.25, 0.3) is 0 Å². The second-order valence-electron chi connectivity index (χ2n) is 6.01. The van der Waals surface area contributed by atoms with Crippen molar-refractivity contribution in [1.29, 1.82) is 0 Å². The van der Waals surface area contributed by atoms with Crippen LogP contribution in [0.5, 0.6) is 0 Å². The van der Waals surface area contributed by atoms with Crippen molar-refractivity contribution in [1.82, 2.24) is 10.2 Å². The number of rotatable bonds is 5. The van der Waals surface area contributed by atoms with Gasteiger partial charge in [-0.25, -0.2) is 0 Å². The molecule has 4 unspecified atom stereocenters. The van der Waals surface area contributed by atoms with Crippen molar-refractivity contribution in [3.8, 4) is 0 Å². The van der Waals surface area contributed by atoms with Crippen LogP contribution in [0.1, 0.15) is 52.4 Å². The van der Waals surface area contributed by atoms with Gasteiger partial charge in [0.1, 0.15) is 0 Å². The monoisotopic (exact) mass is 254 g/mol. The summed E-state index contributed by atoms with van der Waals surface area (Å²) in [6, 6.07) is 2.02. The number of hydrogen-bond donors (Lipinski definition) is 1. The first-order valence-electron chi connectivity index (χ1n) is 7.81. The van der Waals surface area contributed by atoms with Crippen molar-refractivity contribution in [2.24, 2.45) is 0 Å². The number of hydrogen-bond acceptors (Lipinski definition) is 3. The molecular formula is C15H30N2O. The molecule has 3 nitrogen and oxygen atoms in total. The van der Waals surface area contributed by atoms with Crippen molar-refractivity contribution in [2.45, 2.75) is 76.6 Å². The molecule has 1 aliphatic heterocycles. The van der Waals surface area contributed by atoms with Crippen LogP contribution in [-0.2, 0) is 4.74 Å². The molecule has 3 heteroatoms. The highest BCUT2D eigenvalue weighted by Crippen LogP contribution is 2.28. The first-order valence-corrected chi connectivity index (χ1v) is 7.81. The Labute approximate surface area is 112 Å². The Morgan fingerprint density at radius 2 is 1.94 bits per heavy atom. The number of nitrogens with zero attached hydrogens (tertiary/aromatic N) is 1. The zero-order chi connectivity index (χ0) is 13.0. The molecule has 0 amide bonds. The van der Waals surface area contributed by atoms with E-state index >= 15 is 0 Å². The van der Waals surface area contributed by atoms with E-state index in [4.69, 9.17) is 4.74 Å². The largest absolute Gasteiger partial charge is 0.377 e. The molecule has 1 aliphatic carbocycles. The minimum Gasteiger partial charge on any atom is -0.377 e. The van der Waals surface area contributed by atoms with Crippen molar-refractivity contribution in [3.63, 3.8) is 0 Å². The fourth-order valence-corrected chi connectivity index (χ4v) is 3.67. The highest BCUT2D eigenvalue weighted by molar-refractivity contribution is 4.92. The predicted octanol–water partition coefficient (Wildman–Crippen LogP) is 2.41. The summed E-state index contributed by atoms with van der Waals surface area (Å²) in [5, 5.41) is 3.76. The van der Waals surface area contributed by atoms with E-state index in [1.54, 1.807) is 0 Å². The van der Waals surface area contributed by atoms with Crippen LogP contribution in [0.25, 0.3) is 0 Å². The van der Waals surface area contributed by atoms with E-state index in [2.05, 4.69) is 31.1 Å². The third kappa shape index (κ3) is 3.25. The van der Waals surface area contributed by atoms with Crippen LogP contribution in [0.15, 0.2) is 0 Å². The van der Waals surface area contributed by atoms with Crippen LogP contribution >= 0.6 is 0 Å². The van der Waals surface area contributed by atoms with Gasteiger partial charge in [-0.2, -0.15) is 0 Å². The molecule has 1 heterocycles. The van der Waals surface area contributed by atoms with E-state index in [0.29, 0.717) is 24.2 Å². The van der Waals surface area contributed by atoms with E-state index in [1.807, 2.05) is 0 Å². The van der Waals surface area contributed by atoms with Gasteiger partial charge in [0.2, 0.25) is 0 Å². The van der Waals surface area contributed by atoms with Gasteiger partial charge in [-0.05, 0) is 46.2 Å². The molecule has 1 N–H and O–H groups in total. The molecule has 1 saturated carbocycles. The summed E-state index contributed by atoms with van der Waals surface area (Å²) in [6.07, 6.45) is 8.32. The molecule has 2 fully saturated rings. The predicted molar refractivity (Wildman–Crippen MR) is 75.9 cm³/mol. The maximum absolute atomic E-state index is 5.73. The van der Waals surface area contributed by atoms with Crippen LogP contribution in [0.4, 0.5) is 0 Å². The Kier molecular flexibility index (Phi) is 5.46. The molecule has 0 aromatic rings. The van der Waals surface area contributed by atoms with Gasteiger partial charge < -0.3 is 10.1 Å². The topological polar surface area (TPSA) is 24.5 Å². The van der Waals surface area contributed by atoms with E-state index in [-0.39, 0.29) is 0 Å². The van der Waals surface area contributed by atoms with Gasteiger partial charge >= 0.3 is 0 Å². The number of ether oxygens (including phenoxy) is 1. The molecule has 2 rings (SSSR count). The fourth-order valence-electron chi connectivity index (χ4n) is 3.67. The summed E-state index contributed by atoms with van der Waals surface area (Å²) >= 11 is 0. The molecule has 4 atom stereocenters. The lowest BCUT2D eigenvalue weighted by Gasteiger charge is -2.42. The number of nitrogens with one attached hydrogen (secondary N) is 1. The number of likely N-dealkylation sites (N-methyl/N-ethyl adjacent to an activating group) is 1. The standard InChI is InChI=1S/C15H30N2O/c1-4-10-16-13-7-5-6-8-15(13)17(3)14-9-11-18-12(14)2/h12-16H,4-11H2,1-3H3. The molecule has 106 valence electrons. The molecule has 1 saturated heterocycles. The van der Waals surface area contributed by atoms with Gasteiger partial charge in [0, 0.05) is 24.7 Å². The highest BCUT2D eigenvalue weighted by Gasteiger charge is 2.35. The minimum absolute atomic E-state index is 0.406. The highest BCUT2D eigenvalue weighted by atomic mass is 16.5. The first kappa shape index (κ1) is 14.3. The Morgan fingerprint density at radius 3 is 2.61 bits per heavy atom. The Morgan fingerprint density at radius 1 is 1.17 bits per heavy atom. The zero-order valence-electron chi connectivity index (χ0n) is 12.3. The zero-order valence-corrected chi connectivity index (χ0v) is 12.3. The van der Waals surface area contributed by atoms with Gasteiger partial charge in [-0.1, -0.05) is 19.8 Å². The van der Waals surface area contributed by atoms with Crippen LogP contribution < -0.4 is 5.32 Å². The Hall–Kier alpha value is -0.120. The maximum atomic E-state index is 5.73.